The summed E-state index contributed by atoms with van der Waals surface area (Å²) < 4.78 is 0. The maximum Gasteiger partial charge on any atom is 0.170 e. The molecule has 0 aromatic carbocycles. The average molecular weight is 186 g/mol. The van der Waals surface area contributed by atoms with Crippen molar-refractivity contribution in [2.45, 2.75) is 47.3 Å². The van der Waals surface area contributed by atoms with Crippen molar-refractivity contribution in [1.82, 2.24) is 0 Å². The largest absolute Gasteiger partial charge is 0.365 e. The van der Waals surface area contributed by atoms with Crippen LogP contribution in [0.25, 0.3) is 0 Å². The Morgan fingerprint density at radius 3 is 1.08 bits per heavy atom. The molecule has 0 heterocycles. The van der Waals surface area contributed by atoms with Crippen molar-refractivity contribution in [2.75, 3.05) is 0 Å². The third-order valence-electron chi connectivity index (χ3n) is 3.01. The average Bonchev–Trinajstić information content (AvgIpc) is 2.29. The van der Waals surface area contributed by atoms with E-state index >= 15 is 0 Å². The van der Waals surface area contributed by atoms with E-state index in [1.54, 1.807) is 0 Å². The Hall–Kier alpha value is -0.0800. The van der Waals surface area contributed by atoms with Crippen LogP contribution in [0.15, 0.2) is 0 Å². The first kappa shape index (κ1) is 11.0. The summed E-state index contributed by atoms with van der Waals surface area (Å²) in [5.74, 6) is -1.45. The zero-order chi connectivity index (χ0) is 10.7. The summed E-state index contributed by atoms with van der Waals surface area (Å²) in [6.07, 6.45) is 0. The zero-order valence-corrected chi connectivity index (χ0v) is 9.55. The molecule has 78 valence electrons. The van der Waals surface area contributed by atoms with E-state index in [0.29, 0.717) is 0 Å². The Labute approximate surface area is 81.0 Å². The minimum absolute atomic E-state index is 0.000000000000000222. The molecule has 0 unspecified atom stereocenters. The lowest BCUT2D eigenvalue weighted by atomic mass is 9.81. The van der Waals surface area contributed by atoms with Crippen molar-refractivity contribution in [1.29, 1.82) is 0 Å². The maximum atomic E-state index is 9.78. The van der Waals surface area contributed by atoms with E-state index < -0.39 is 5.79 Å². The van der Waals surface area contributed by atoms with Crippen LogP contribution in [0, 0.1) is 22.7 Å². The van der Waals surface area contributed by atoms with Crippen molar-refractivity contribution in [3.05, 3.63) is 0 Å². The second kappa shape index (κ2) is 2.48. The molecule has 2 heteroatoms. The second-order valence-electron chi connectivity index (χ2n) is 6.47. The normalized spacial score (nSPS) is 33.2. The fourth-order valence-electron chi connectivity index (χ4n) is 2.64. The standard InChI is InChI=1S/C11H22O2/c1-9(2,3)7-8(10(4,5)6)11(7,12)13/h7-8,12-13H,1-6H3/t7-,8-/m1/s1. The first-order valence-electron chi connectivity index (χ1n) is 4.94. The number of aliphatic hydroxyl groups is 2. The van der Waals surface area contributed by atoms with Crippen LogP contribution in [-0.4, -0.2) is 16.0 Å². The predicted octanol–water partition coefficient (Wildman–Crippen LogP) is 2.01. The van der Waals surface area contributed by atoms with Gasteiger partial charge in [0.25, 0.3) is 0 Å². The van der Waals surface area contributed by atoms with Crippen LogP contribution in [0.4, 0.5) is 0 Å². The number of hydrogen-bond donors (Lipinski definition) is 2. The smallest absolute Gasteiger partial charge is 0.170 e. The molecule has 0 aliphatic heterocycles. The molecule has 0 aromatic heterocycles. The molecule has 1 saturated carbocycles. The Morgan fingerprint density at radius 1 is 0.769 bits per heavy atom. The number of hydrogen-bond acceptors (Lipinski definition) is 2. The quantitative estimate of drug-likeness (QED) is 0.568. The number of rotatable bonds is 0. The topological polar surface area (TPSA) is 40.5 Å². The van der Waals surface area contributed by atoms with Gasteiger partial charge in [-0.3, -0.25) is 0 Å². The van der Waals surface area contributed by atoms with Gasteiger partial charge in [-0.25, -0.2) is 0 Å². The first-order chi connectivity index (χ1) is 5.49. The zero-order valence-electron chi connectivity index (χ0n) is 9.55. The lowest BCUT2D eigenvalue weighted by molar-refractivity contribution is -0.111. The van der Waals surface area contributed by atoms with Gasteiger partial charge < -0.3 is 10.2 Å². The summed E-state index contributed by atoms with van der Waals surface area (Å²) in [5.41, 5.74) is -0.0527. The molecule has 1 rings (SSSR count). The van der Waals surface area contributed by atoms with Gasteiger partial charge in [0.1, 0.15) is 0 Å². The molecule has 1 aliphatic carbocycles. The van der Waals surface area contributed by atoms with E-state index in [4.69, 9.17) is 0 Å². The van der Waals surface area contributed by atoms with Crippen molar-refractivity contribution in [3.8, 4) is 0 Å². The Kier molecular flexibility index (Phi) is 2.10. The van der Waals surface area contributed by atoms with Gasteiger partial charge in [-0.15, -0.1) is 0 Å². The third-order valence-corrected chi connectivity index (χ3v) is 3.01. The lowest BCUT2D eigenvalue weighted by Gasteiger charge is -2.22. The molecule has 1 fully saturated rings. The van der Waals surface area contributed by atoms with E-state index in [2.05, 4.69) is 41.5 Å². The molecule has 13 heavy (non-hydrogen) atoms. The van der Waals surface area contributed by atoms with Gasteiger partial charge in [0.2, 0.25) is 0 Å². The van der Waals surface area contributed by atoms with Crippen LogP contribution >= 0.6 is 0 Å². The highest BCUT2D eigenvalue weighted by molar-refractivity contribution is 5.13. The SMILES string of the molecule is CC(C)(C)[C@H]1[C@H](C(C)(C)C)C1(O)O. The predicted molar refractivity (Wildman–Crippen MR) is 53.1 cm³/mol. The molecule has 2 nitrogen and oxygen atoms in total. The molecule has 0 bridgehead atoms. The highest BCUT2D eigenvalue weighted by atomic mass is 16.5. The van der Waals surface area contributed by atoms with Gasteiger partial charge >= 0.3 is 0 Å². The van der Waals surface area contributed by atoms with Crippen LogP contribution in [0.5, 0.6) is 0 Å². The minimum Gasteiger partial charge on any atom is -0.365 e. The molecule has 0 amide bonds. The van der Waals surface area contributed by atoms with Crippen LogP contribution in [0.3, 0.4) is 0 Å². The van der Waals surface area contributed by atoms with E-state index in [1.807, 2.05) is 0 Å². The highest BCUT2D eigenvalue weighted by Gasteiger charge is 2.71. The molecule has 0 radical (unpaired) electrons. The minimum atomic E-state index is -1.45. The molecule has 1 aliphatic rings. The van der Waals surface area contributed by atoms with Crippen molar-refractivity contribution in [2.24, 2.45) is 22.7 Å². The fraction of sp³-hybridized carbons (Fsp3) is 1.00. The molecular formula is C11H22O2. The maximum absolute atomic E-state index is 9.78. The van der Waals surface area contributed by atoms with E-state index in [9.17, 15) is 10.2 Å². The highest BCUT2D eigenvalue weighted by Crippen LogP contribution is 2.64. The molecule has 2 atom stereocenters. The Balaban J connectivity index is 2.85. The summed E-state index contributed by atoms with van der Waals surface area (Å²) in [6.45, 7) is 12.4. The molecule has 2 N–H and O–H groups in total. The Bertz CT molecular complexity index is 183. The van der Waals surface area contributed by atoms with Crippen LogP contribution in [-0.2, 0) is 0 Å². The van der Waals surface area contributed by atoms with Crippen molar-refractivity contribution < 1.29 is 10.2 Å². The summed E-state index contributed by atoms with van der Waals surface area (Å²) in [5, 5.41) is 19.6. The van der Waals surface area contributed by atoms with Gasteiger partial charge in [-0.1, -0.05) is 41.5 Å². The Morgan fingerprint density at radius 2 is 1.00 bits per heavy atom. The van der Waals surface area contributed by atoms with Gasteiger partial charge in [0.05, 0.1) is 0 Å². The van der Waals surface area contributed by atoms with Gasteiger partial charge in [0.15, 0.2) is 5.79 Å². The van der Waals surface area contributed by atoms with Crippen LogP contribution in [0.1, 0.15) is 41.5 Å². The van der Waals surface area contributed by atoms with E-state index in [-0.39, 0.29) is 22.7 Å². The van der Waals surface area contributed by atoms with Gasteiger partial charge in [-0.05, 0) is 10.8 Å². The fourth-order valence-corrected chi connectivity index (χ4v) is 2.64. The molecule has 0 aromatic rings. The van der Waals surface area contributed by atoms with Gasteiger partial charge in [0, 0.05) is 11.8 Å². The summed E-state index contributed by atoms with van der Waals surface area (Å²) in [7, 11) is 0. The van der Waals surface area contributed by atoms with Crippen LogP contribution in [0.2, 0.25) is 0 Å². The van der Waals surface area contributed by atoms with E-state index in [1.165, 1.54) is 0 Å². The van der Waals surface area contributed by atoms with Crippen LogP contribution < -0.4 is 0 Å². The van der Waals surface area contributed by atoms with E-state index in [0.717, 1.165) is 0 Å². The summed E-state index contributed by atoms with van der Waals surface area (Å²) >= 11 is 0. The monoisotopic (exact) mass is 186 g/mol. The van der Waals surface area contributed by atoms with Gasteiger partial charge in [-0.2, -0.15) is 0 Å². The summed E-state index contributed by atoms with van der Waals surface area (Å²) in [6, 6.07) is 0. The third kappa shape index (κ3) is 1.75. The molecular weight excluding hydrogens is 164 g/mol. The summed E-state index contributed by atoms with van der Waals surface area (Å²) in [4.78, 5) is 0. The van der Waals surface area contributed by atoms with Crippen molar-refractivity contribution in [3.63, 3.8) is 0 Å². The van der Waals surface area contributed by atoms with Crippen molar-refractivity contribution >= 4 is 0 Å². The molecule has 0 saturated heterocycles. The first-order valence-corrected chi connectivity index (χ1v) is 4.94. The lowest BCUT2D eigenvalue weighted by Crippen LogP contribution is -2.20. The second-order valence-corrected chi connectivity index (χ2v) is 6.47. The molecule has 0 spiro atoms.